The first kappa shape index (κ1) is 15.5. The number of hydrogen-bond acceptors (Lipinski definition) is 4. The van der Waals surface area contributed by atoms with Crippen LogP contribution in [0.25, 0.3) is 0 Å². The third kappa shape index (κ3) is 3.81. The lowest BCUT2D eigenvalue weighted by atomic mass is 9.95. The highest BCUT2D eigenvalue weighted by molar-refractivity contribution is 5.95. The summed E-state index contributed by atoms with van der Waals surface area (Å²) in [6.07, 6.45) is 3.47. The third-order valence-electron chi connectivity index (χ3n) is 3.85. The summed E-state index contributed by atoms with van der Waals surface area (Å²) >= 11 is 0. The van der Waals surface area contributed by atoms with Crippen LogP contribution in [0.4, 0.5) is 0 Å². The number of rotatable bonds is 5. The van der Waals surface area contributed by atoms with Gasteiger partial charge < -0.3 is 15.3 Å². The molecule has 7 nitrogen and oxygen atoms in total. The Bertz CT molecular complexity index is 492. The molecule has 1 aliphatic rings. The Labute approximate surface area is 123 Å². The maximum Gasteiger partial charge on any atom is 0.257 e. The molecule has 1 fully saturated rings. The van der Waals surface area contributed by atoms with Crippen molar-refractivity contribution in [1.82, 2.24) is 20.4 Å². The van der Waals surface area contributed by atoms with Crippen molar-refractivity contribution >= 4 is 11.8 Å². The molecular formula is C14H22N4O3. The Hall–Kier alpha value is -1.89. The molecule has 3 N–H and O–H groups in total. The number of aromatic nitrogens is 2. The first-order chi connectivity index (χ1) is 10.1. The van der Waals surface area contributed by atoms with E-state index in [4.69, 9.17) is 5.11 Å². The standard InChI is InChI=1S/C14H22N4O3/c1-10-12(9-16-17-10)14(21)18-6-3-11(4-7-18)13(20)15-5-2-8-19/h9,11,19H,2-8H2,1H3,(H,15,20)(H,16,17). The maximum absolute atomic E-state index is 12.3. The number of aliphatic hydroxyl groups is 1. The molecule has 1 aromatic heterocycles. The number of carbonyl (C=O) groups excluding carboxylic acids is 2. The molecule has 21 heavy (non-hydrogen) atoms. The number of amides is 2. The fourth-order valence-corrected chi connectivity index (χ4v) is 2.52. The lowest BCUT2D eigenvalue weighted by Crippen LogP contribution is -2.43. The van der Waals surface area contributed by atoms with Crippen molar-refractivity contribution < 1.29 is 14.7 Å². The Balaban J connectivity index is 1.82. The molecule has 7 heteroatoms. The molecule has 2 amide bonds. The number of nitrogens with one attached hydrogen (secondary N) is 2. The average Bonchev–Trinajstić information content (AvgIpc) is 2.93. The lowest BCUT2D eigenvalue weighted by Gasteiger charge is -2.31. The summed E-state index contributed by atoms with van der Waals surface area (Å²) in [5.74, 6) is -0.0476. The molecule has 0 spiro atoms. The maximum atomic E-state index is 12.3. The van der Waals surface area contributed by atoms with Crippen LogP contribution in [-0.4, -0.2) is 58.3 Å². The lowest BCUT2D eigenvalue weighted by molar-refractivity contribution is -0.126. The number of nitrogens with zero attached hydrogens (tertiary/aromatic N) is 2. The zero-order chi connectivity index (χ0) is 15.2. The van der Waals surface area contributed by atoms with Gasteiger partial charge in [0.15, 0.2) is 0 Å². The van der Waals surface area contributed by atoms with Crippen LogP contribution in [0.15, 0.2) is 6.20 Å². The second kappa shape index (κ2) is 7.21. The highest BCUT2D eigenvalue weighted by Crippen LogP contribution is 2.19. The molecule has 0 aromatic carbocycles. The summed E-state index contributed by atoms with van der Waals surface area (Å²) in [5, 5.41) is 18.1. The van der Waals surface area contributed by atoms with Crippen molar-refractivity contribution in [3.05, 3.63) is 17.5 Å². The van der Waals surface area contributed by atoms with E-state index < -0.39 is 0 Å². The second-order valence-corrected chi connectivity index (χ2v) is 5.34. The Kier molecular flexibility index (Phi) is 5.32. The summed E-state index contributed by atoms with van der Waals surface area (Å²) in [7, 11) is 0. The number of aliphatic hydroxyl groups excluding tert-OH is 1. The van der Waals surface area contributed by atoms with Crippen LogP contribution < -0.4 is 5.32 Å². The van der Waals surface area contributed by atoms with Gasteiger partial charge in [0.05, 0.1) is 11.8 Å². The highest BCUT2D eigenvalue weighted by Gasteiger charge is 2.28. The first-order valence-electron chi connectivity index (χ1n) is 7.31. The molecule has 1 saturated heterocycles. The van der Waals surface area contributed by atoms with E-state index in [9.17, 15) is 9.59 Å². The van der Waals surface area contributed by atoms with E-state index in [0.29, 0.717) is 44.5 Å². The van der Waals surface area contributed by atoms with Crippen molar-refractivity contribution in [3.63, 3.8) is 0 Å². The molecule has 2 rings (SSSR count). The van der Waals surface area contributed by atoms with Gasteiger partial charge in [0.2, 0.25) is 5.91 Å². The molecule has 2 heterocycles. The molecule has 0 atom stereocenters. The van der Waals surface area contributed by atoms with E-state index >= 15 is 0 Å². The fourth-order valence-electron chi connectivity index (χ4n) is 2.52. The van der Waals surface area contributed by atoms with Gasteiger partial charge in [0.25, 0.3) is 5.91 Å². The quantitative estimate of drug-likeness (QED) is 0.669. The fraction of sp³-hybridized carbons (Fsp3) is 0.643. The molecule has 116 valence electrons. The molecule has 0 saturated carbocycles. The number of H-pyrrole nitrogens is 1. The monoisotopic (exact) mass is 294 g/mol. The van der Waals surface area contributed by atoms with Gasteiger partial charge in [-0.05, 0) is 26.2 Å². The van der Waals surface area contributed by atoms with Gasteiger partial charge in [-0.1, -0.05) is 0 Å². The van der Waals surface area contributed by atoms with Crippen LogP contribution >= 0.6 is 0 Å². The predicted molar refractivity (Wildman–Crippen MR) is 76.7 cm³/mol. The van der Waals surface area contributed by atoms with Gasteiger partial charge in [0.1, 0.15) is 0 Å². The Morgan fingerprint density at radius 1 is 1.48 bits per heavy atom. The number of carbonyl (C=O) groups is 2. The summed E-state index contributed by atoms with van der Waals surface area (Å²) in [6.45, 7) is 3.57. The van der Waals surface area contributed by atoms with Crippen LogP contribution in [0, 0.1) is 12.8 Å². The first-order valence-corrected chi connectivity index (χ1v) is 7.31. The molecule has 0 radical (unpaired) electrons. The minimum Gasteiger partial charge on any atom is -0.396 e. The van der Waals surface area contributed by atoms with Gasteiger partial charge >= 0.3 is 0 Å². The summed E-state index contributed by atoms with van der Waals surface area (Å²) in [6, 6.07) is 0. The second-order valence-electron chi connectivity index (χ2n) is 5.34. The van der Waals surface area contributed by atoms with Crippen LogP contribution in [0.3, 0.4) is 0 Å². The zero-order valence-electron chi connectivity index (χ0n) is 12.3. The van der Waals surface area contributed by atoms with Crippen LogP contribution in [-0.2, 0) is 4.79 Å². The highest BCUT2D eigenvalue weighted by atomic mass is 16.3. The molecule has 0 unspecified atom stereocenters. The predicted octanol–water partition coefficient (Wildman–Crippen LogP) is 0.0689. The molecular weight excluding hydrogens is 272 g/mol. The largest absolute Gasteiger partial charge is 0.396 e. The van der Waals surface area contributed by atoms with E-state index in [2.05, 4.69) is 15.5 Å². The third-order valence-corrected chi connectivity index (χ3v) is 3.85. The van der Waals surface area contributed by atoms with E-state index in [1.54, 1.807) is 11.1 Å². The van der Waals surface area contributed by atoms with E-state index in [0.717, 1.165) is 5.69 Å². The molecule has 1 aliphatic heterocycles. The Morgan fingerprint density at radius 2 is 2.19 bits per heavy atom. The van der Waals surface area contributed by atoms with Gasteiger partial charge in [-0.2, -0.15) is 5.10 Å². The smallest absolute Gasteiger partial charge is 0.257 e. The van der Waals surface area contributed by atoms with Crippen molar-refractivity contribution in [1.29, 1.82) is 0 Å². The number of aryl methyl sites for hydroxylation is 1. The van der Waals surface area contributed by atoms with Crippen LogP contribution in [0.1, 0.15) is 35.3 Å². The molecule has 0 bridgehead atoms. The zero-order valence-corrected chi connectivity index (χ0v) is 12.3. The van der Waals surface area contributed by atoms with E-state index in [1.165, 1.54) is 0 Å². The molecule has 1 aromatic rings. The van der Waals surface area contributed by atoms with Crippen LogP contribution in [0.5, 0.6) is 0 Å². The van der Waals surface area contributed by atoms with Gasteiger partial charge in [-0.3, -0.25) is 14.7 Å². The van der Waals surface area contributed by atoms with Gasteiger partial charge in [-0.15, -0.1) is 0 Å². The number of hydrogen-bond donors (Lipinski definition) is 3. The SMILES string of the molecule is Cc1[nH]ncc1C(=O)N1CCC(C(=O)NCCCO)CC1. The minimum atomic E-state index is -0.0433. The van der Waals surface area contributed by atoms with Crippen molar-refractivity contribution in [2.45, 2.75) is 26.2 Å². The molecule has 0 aliphatic carbocycles. The topological polar surface area (TPSA) is 98.3 Å². The van der Waals surface area contributed by atoms with Crippen molar-refractivity contribution in [3.8, 4) is 0 Å². The summed E-state index contributed by atoms with van der Waals surface area (Å²) in [5.41, 5.74) is 1.37. The Morgan fingerprint density at radius 3 is 2.76 bits per heavy atom. The average molecular weight is 294 g/mol. The van der Waals surface area contributed by atoms with Crippen LogP contribution in [0.2, 0.25) is 0 Å². The van der Waals surface area contributed by atoms with Crippen molar-refractivity contribution in [2.24, 2.45) is 5.92 Å². The summed E-state index contributed by atoms with van der Waals surface area (Å²) < 4.78 is 0. The number of aromatic amines is 1. The summed E-state index contributed by atoms with van der Waals surface area (Å²) in [4.78, 5) is 26.0. The van der Waals surface area contributed by atoms with Gasteiger partial charge in [0, 0.05) is 37.9 Å². The van der Waals surface area contributed by atoms with Crippen molar-refractivity contribution in [2.75, 3.05) is 26.2 Å². The van der Waals surface area contributed by atoms with Gasteiger partial charge in [-0.25, -0.2) is 0 Å². The van der Waals surface area contributed by atoms with E-state index in [1.807, 2.05) is 6.92 Å². The normalized spacial score (nSPS) is 16.0. The minimum absolute atomic E-state index is 0.0232. The number of likely N-dealkylation sites (tertiary alicyclic amines) is 1. The van der Waals surface area contributed by atoms with E-state index in [-0.39, 0.29) is 24.3 Å². The number of piperidine rings is 1.